The Morgan fingerprint density at radius 2 is 2.22 bits per heavy atom. The van der Waals surface area contributed by atoms with E-state index in [0.29, 0.717) is 5.69 Å². The molecule has 0 amide bonds. The van der Waals surface area contributed by atoms with Crippen LogP contribution in [0.1, 0.15) is 18.8 Å². The largest absolute Gasteiger partial charge is 0.396 e. The lowest BCUT2D eigenvalue weighted by Gasteiger charge is -2.28. The molecule has 7 nitrogen and oxygen atoms in total. The monoisotopic (exact) mass is 362 g/mol. The first-order chi connectivity index (χ1) is 10.8. The molecule has 0 aromatic carbocycles. The van der Waals surface area contributed by atoms with Crippen molar-refractivity contribution in [2.75, 3.05) is 6.61 Å². The fraction of sp³-hybridized carbons (Fsp3) is 0.571. The molecule has 5 atom stereocenters. The molecule has 3 N–H and O–H groups in total. The van der Waals surface area contributed by atoms with Crippen molar-refractivity contribution in [1.29, 1.82) is 0 Å². The van der Waals surface area contributed by atoms with Crippen molar-refractivity contribution in [2.24, 2.45) is 5.92 Å². The van der Waals surface area contributed by atoms with Crippen LogP contribution in [0.4, 0.5) is 0 Å². The van der Waals surface area contributed by atoms with Crippen LogP contribution in [-0.2, 0) is 4.74 Å². The molecule has 23 heavy (non-hydrogen) atoms. The molecule has 2 unspecified atom stereocenters. The summed E-state index contributed by atoms with van der Waals surface area (Å²) in [7, 11) is 0. The standard InChI is InChI=1S/C14H16Cl2N2O5/c1-7-5-10(21)17-13(22)18(7)12-14(16,3-4-15)9(6-19)11(23-12)8(2)20/h5,8-9,11-12,19-20H,6H2,1-2H3,(H,17,21,22)/t8-,9?,11+,12+,14?/m0/s1. The zero-order chi connectivity index (χ0) is 17.4. The minimum absolute atomic E-state index is 0.299. The van der Waals surface area contributed by atoms with Gasteiger partial charge in [0.25, 0.3) is 5.56 Å². The van der Waals surface area contributed by atoms with E-state index in [-0.39, 0.29) is 0 Å². The molecule has 2 heterocycles. The normalized spacial score (nSPS) is 31.5. The van der Waals surface area contributed by atoms with Crippen molar-refractivity contribution in [2.45, 2.75) is 37.2 Å². The lowest BCUT2D eigenvalue weighted by atomic mass is 9.87. The summed E-state index contributed by atoms with van der Waals surface area (Å²) >= 11 is 12.0. The molecule has 0 saturated carbocycles. The van der Waals surface area contributed by atoms with Gasteiger partial charge in [0, 0.05) is 23.1 Å². The number of halogens is 2. The van der Waals surface area contributed by atoms with E-state index in [0.717, 1.165) is 4.57 Å². The smallest absolute Gasteiger partial charge is 0.330 e. The number of nitrogens with zero attached hydrogens (tertiary/aromatic N) is 1. The molecule has 1 saturated heterocycles. The second-order valence-corrected chi connectivity index (χ2v) is 6.23. The highest BCUT2D eigenvalue weighted by Crippen LogP contribution is 2.47. The van der Waals surface area contributed by atoms with Crippen molar-refractivity contribution in [3.05, 3.63) is 32.6 Å². The van der Waals surface area contributed by atoms with Gasteiger partial charge in [-0.2, -0.15) is 0 Å². The van der Waals surface area contributed by atoms with Crippen LogP contribution in [0.25, 0.3) is 0 Å². The van der Waals surface area contributed by atoms with Crippen molar-refractivity contribution in [3.63, 3.8) is 0 Å². The third-order valence-corrected chi connectivity index (χ3v) is 4.55. The lowest BCUT2D eigenvalue weighted by Crippen LogP contribution is -2.44. The quantitative estimate of drug-likeness (QED) is 0.514. The lowest BCUT2D eigenvalue weighted by molar-refractivity contribution is -0.0693. The van der Waals surface area contributed by atoms with Gasteiger partial charge in [-0.3, -0.25) is 14.3 Å². The van der Waals surface area contributed by atoms with Crippen molar-refractivity contribution in [3.8, 4) is 11.3 Å². The number of aryl methyl sites for hydroxylation is 1. The van der Waals surface area contributed by atoms with Gasteiger partial charge in [0.05, 0.1) is 18.8 Å². The molecule has 1 aliphatic rings. The van der Waals surface area contributed by atoms with Gasteiger partial charge in [-0.25, -0.2) is 4.79 Å². The van der Waals surface area contributed by atoms with Gasteiger partial charge in [0.15, 0.2) is 11.1 Å². The molecule has 9 heteroatoms. The zero-order valence-electron chi connectivity index (χ0n) is 12.4. The first kappa shape index (κ1) is 18.0. The minimum Gasteiger partial charge on any atom is -0.396 e. The second-order valence-electron chi connectivity index (χ2n) is 5.42. The number of hydrogen-bond donors (Lipinski definition) is 3. The second kappa shape index (κ2) is 6.67. The molecule has 1 fully saturated rings. The Labute approximate surface area is 141 Å². The van der Waals surface area contributed by atoms with Crippen LogP contribution in [0.15, 0.2) is 15.7 Å². The van der Waals surface area contributed by atoms with E-state index in [1.807, 2.05) is 0 Å². The number of rotatable bonds is 3. The Hall–Kier alpha value is -1.30. The van der Waals surface area contributed by atoms with Crippen LogP contribution in [-0.4, -0.2) is 43.5 Å². The number of aliphatic hydroxyl groups is 2. The average molecular weight is 363 g/mol. The van der Waals surface area contributed by atoms with Crippen molar-refractivity contribution < 1.29 is 14.9 Å². The number of nitrogens with one attached hydrogen (secondary N) is 1. The predicted molar refractivity (Wildman–Crippen MR) is 84.4 cm³/mol. The summed E-state index contributed by atoms with van der Waals surface area (Å²) in [6, 6.07) is 1.21. The van der Waals surface area contributed by atoms with Crippen LogP contribution < -0.4 is 11.2 Å². The minimum atomic E-state index is -1.55. The number of H-pyrrole nitrogens is 1. The molecular formula is C14H16Cl2N2O5. The van der Waals surface area contributed by atoms with Crippen molar-refractivity contribution in [1.82, 2.24) is 9.55 Å². The Morgan fingerprint density at radius 1 is 1.57 bits per heavy atom. The molecule has 1 aromatic heterocycles. The maximum Gasteiger partial charge on any atom is 0.330 e. The Kier molecular flexibility index (Phi) is 5.23. The molecule has 0 aliphatic carbocycles. The summed E-state index contributed by atoms with van der Waals surface area (Å²) in [5.41, 5.74) is -0.992. The number of aromatic nitrogens is 2. The number of hydrogen-bond acceptors (Lipinski definition) is 5. The maximum absolute atomic E-state index is 12.2. The zero-order valence-corrected chi connectivity index (χ0v) is 13.9. The summed E-state index contributed by atoms with van der Waals surface area (Å²) < 4.78 is 6.85. The molecule has 0 spiro atoms. The summed E-state index contributed by atoms with van der Waals surface area (Å²) in [6.45, 7) is 2.58. The molecular weight excluding hydrogens is 347 g/mol. The first-order valence-electron chi connectivity index (χ1n) is 6.84. The van der Waals surface area contributed by atoms with E-state index in [1.165, 1.54) is 19.9 Å². The van der Waals surface area contributed by atoms with Crippen molar-refractivity contribution >= 4 is 23.2 Å². The van der Waals surface area contributed by atoms with E-state index in [1.54, 1.807) is 0 Å². The van der Waals surface area contributed by atoms with E-state index in [2.05, 4.69) is 16.3 Å². The van der Waals surface area contributed by atoms with Gasteiger partial charge in [-0.15, -0.1) is 0 Å². The third kappa shape index (κ3) is 3.05. The van der Waals surface area contributed by atoms with Gasteiger partial charge in [-0.1, -0.05) is 17.5 Å². The number of aliphatic hydroxyl groups excluding tert-OH is 2. The fourth-order valence-corrected chi connectivity index (χ4v) is 3.43. The molecule has 1 aromatic rings. The molecule has 1 aliphatic heterocycles. The van der Waals surface area contributed by atoms with E-state index < -0.39 is 47.1 Å². The van der Waals surface area contributed by atoms with E-state index in [9.17, 15) is 19.8 Å². The Morgan fingerprint density at radius 3 is 2.70 bits per heavy atom. The van der Waals surface area contributed by atoms with Gasteiger partial charge in [-0.05, 0) is 25.4 Å². The van der Waals surface area contributed by atoms with Crippen LogP contribution >= 0.6 is 23.2 Å². The molecule has 126 valence electrons. The summed E-state index contributed by atoms with van der Waals surface area (Å²) in [5.74, 6) is 1.76. The molecule has 2 rings (SSSR count). The maximum atomic E-state index is 12.2. The Bertz CT molecular complexity index is 763. The number of ether oxygens (including phenoxy) is 1. The highest BCUT2D eigenvalue weighted by atomic mass is 35.5. The Balaban J connectivity index is 2.67. The SMILES string of the molecule is Cc1cc(=O)[nH]c(=O)n1[C@@H]1O[C@H]([C@H](C)O)C(CO)C1(Cl)C#CCl. The fourth-order valence-electron chi connectivity index (χ4n) is 2.84. The predicted octanol–water partition coefficient (Wildman–Crippen LogP) is -0.0910. The summed E-state index contributed by atoms with van der Waals surface area (Å²) in [6.07, 6.45) is -2.97. The third-order valence-electron chi connectivity index (χ3n) is 3.90. The van der Waals surface area contributed by atoms with Crippen LogP contribution in [0, 0.1) is 24.1 Å². The highest BCUT2D eigenvalue weighted by molar-refractivity contribution is 6.32. The number of alkyl halides is 1. The molecule has 0 radical (unpaired) electrons. The highest BCUT2D eigenvalue weighted by Gasteiger charge is 2.57. The topological polar surface area (TPSA) is 105 Å². The van der Waals surface area contributed by atoms with Gasteiger partial charge < -0.3 is 14.9 Å². The first-order valence-corrected chi connectivity index (χ1v) is 7.60. The van der Waals surface area contributed by atoms with Gasteiger partial charge >= 0.3 is 5.69 Å². The van der Waals surface area contributed by atoms with E-state index in [4.69, 9.17) is 27.9 Å². The molecule has 0 bridgehead atoms. The van der Waals surface area contributed by atoms with E-state index >= 15 is 0 Å². The number of aromatic amines is 1. The van der Waals surface area contributed by atoms with Gasteiger partial charge in [0.2, 0.25) is 0 Å². The van der Waals surface area contributed by atoms with Crippen LogP contribution in [0.5, 0.6) is 0 Å². The average Bonchev–Trinajstić information content (AvgIpc) is 2.71. The van der Waals surface area contributed by atoms with Gasteiger partial charge in [0.1, 0.15) is 0 Å². The summed E-state index contributed by atoms with van der Waals surface area (Å²) in [5, 5.41) is 21.7. The van der Waals surface area contributed by atoms with Crippen LogP contribution in [0.3, 0.4) is 0 Å². The van der Waals surface area contributed by atoms with Crippen LogP contribution in [0.2, 0.25) is 0 Å². The summed E-state index contributed by atoms with van der Waals surface area (Å²) in [4.78, 5) is 24.1.